The van der Waals surface area contributed by atoms with E-state index in [1.54, 1.807) is 35.0 Å². The first-order chi connectivity index (χ1) is 13.4. The number of nitriles is 1. The van der Waals surface area contributed by atoms with Crippen LogP contribution in [0.2, 0.25) is 0 Å². The summed E-state index contributed by atoms with van der Waals surface area (Å²) in [6.07, 6.45) is 3.03. The summed E-state index contributed by atoms with van der Waals surface area (Å²) in [5.74, 6) is -1.97. The molecule has 0 atom stereocenters. The van der Waals surface area contributed by atoms with Crippen LogP contribution >= 0.6 is 0 Å². The quantitative estimate of drug-likeness (QED) is 0.545. The van der Waals surface area contributed by atoms with E-state index in [2.05, 4.69) is 0 Å². The van der Waals surface area contributed by atoms with Gasteiger partial charge in [-0.25, -0.2) is 4.39 Å². The van der Waals surface area contributed by atoms with Crippen molar-refractivity contribution in [1.29, 1.82) is 5.26 Å². The molecule has 0 spiro atoms. The summed E-state index contributed by atoms with van der Waals surface area (Å²) in [6, 6.07) is 14.4. The molecule has 0 aliphatic heterocycles. The predicted octanol–water partition coefficient (Wildman–Crippen LogP) is 3.43. The Bertz CT molecular complexity index is 1120. The number of benzene rings is 2. The van der Waals surface area contributed by atoms with Gasteiger partial charge in [0, 0.05) is 35.4 Å². The molecule has 0 fully saturated rings. The van der Waals surface area contributed by atoms with Crippen LogP contribution in [0, 0.1) is 17.1 Å². The van der Waals surface area contributed by atoms with Crippen molar-refractivity contribution in [3.8, 4) is 6.07 Å². The van der Waals surface area contributed by atoms with Gasteiger partial charge in [0.15, 0.2) is 0 Å². The van der Waals surface area contributed by atoms with Crippen LogP contribution in [0.15, 0.2) is 60.3 Å². The van der Waals surface area contributed by atoms with E-state index >= 15 is 0 Å². The third kappa shape index (κ3) is 3.76. The summed E-state index contributed by atoms with van der Waals surface area (Å²) in [6.45, 7) is -0.236. The van der Waals surface area contributed by atoms with Gasteiger partial charge in [0.05, 0.1) is 0 Å². The first-order valence-corrected chi connectivity index (χ1v) is 8.36. The minimum Gasteiger partial charge on any atom is -0.480 e. The number of para-hydroxylation sites is 1. The summed E-state index contributed by atoms with van der Waals surface area (Å²) >= 11 is 0. The summed E-state index contributed by atoms with van der Waals surface area (Å²) in [4.78, 5) is 25.1. The van der Waals surface area contributed by atoms with E-state index in [1.807, 2.05) is 6.07 Å². The highest BCUT2D eigenvalue weighted by Crippen LogP contribution is 2.24. The Kier molecular flexibility index (Phi) is 5.23. The van der Waals surface area contributed by atoms with Gasteiger partial charge < -0.3 is 14.6 Å². The van der Waals surface area contributed by atoms with Crippen LogP contribution in [0.5, 0.6) is 0 Å². The largest absolute Gasteiger partial charge is 0.480 e. The molecule has 0 bridgehead atoms. The van der Waals surface area contributed by atoms with Crippen molar-refractivity contribution in [2.45, 2.75) is 6.54 Å². The Balaban J connectivity index is 2.01. The normalized spacial score (nSPS) is 11.2. The number of hydrogen-bond donors (Lipinski definition) is 1. The third-order valence-corrected chi connectivity index (χ3v) is 4.29. The van der Waals surface area contributed by atoms with Crippen LogP contribution in [-0.4, -0.2) is 28.6 Å². The van der Waals surface area contributed by atoms with Gasteiger partial charge in [-0.15, -0.1) is 0 Å². The number of amides is 1. The zero-order chi connectivity index (χ0) is 20.3. The van der Waals surface area contributed by atoms with Crippen LogP contribution in [0.4, 0.5) is 10.1 Å². The van der Waals surface area contributed by atoms with Gasteiger partial charge in [0.1, 0.15) is 24.0 Å². The smallest absolute Gasteiger partial charge is 0.323 e. The van der Waals surface area contributed by atoms with Gasteiger partial charge in [-0.1, -0.05) is 18.2 Å². The molecule has 3 rings (SSSR count). The molecule has 0 saturated heterocycles. The number of anilines is 1. The van der Waals surface area contributed by atoms with Crippen molar-refractivity contribution >= 4 is 34.5 Å². The average Bonchev–Trinajstić information content (AvgIpc) is 3.02. The highest BCUT2D eigenvalue weighted by molar-refractivity contribution is 6.11. The summed E-state index contributed by atoms with van der Waals surface area (Å²) < 4.78 is 14.6. The number of fused-ring (bicyclic) bond motifs is 1. The number of carboxylic acids is 1. The van der Waals surface area contributed by atoms with E-state index in [1.165, 1.54) is 42.3 Å². The molecule has 140 valence electrons. The van der Waals surface area contributed by atoms with Crippen molar-refractivity contribution in [3.63, 3.8) is 0 Å². The highest BCUT2D eigenvalue weighted by Gasteiger charge is 2.18. The summed E-state index contributed by atoms with van der Waals surface area (Å²) in [5, 5.41) is 19.3. The maximum atomic E-state index is 13.1. The fourth-order valence-corrected chi connectivity index (χ4v) is 2.93. The molecule has 3 aromatic rings. The lowest BCUT2D eigenvalue weighted by Gasteiger charge is -2.16. The molecule has 6 nitrogen and oxygen atoms in total. The molecule has 0 aliphatic carbocycles. The van der Waals surface area contributed by atoms with E-state index in [9.17, 15) is 19.2 Å². The monoisotopic (exact) mass is 377 g/mol. The topological polar surface area (TPSA) is 86.3 Å². The van der Waals surface area contributed by atoms with Crippen LogP contribution in [-0.2, 0) is 16.1 Å². The molecule has 0 radical (unpaired) electrons. The van der Waals surface area contributed by atoms with Crippen LogP contribution in [0.3, 0.4) is 0 Å². The number of aromatic nitrogens is 1. The summed E-state index contributed by atoms with van der Waals surface area (Å²) in [7, 11) is 1.49. The number of halogens is 1. The number of aliphatic carboxylic acids is 1. The Hall–Kier alpha value is -3.92. The fourth-order valence-electron chi connectivity index (χ4n) is 2.93. The van der Waals surface area contributed by atoms with E-state index in [0.717, 1.165) is 5.39 Å². The number of carbonyl (C=O) groups excluding carboxylic acids is 1. The van der Waals surface area contributed by atoms with Crippen molar-refractivity contribution < 1.29 is 19.1 Å². The number of carbonyl (C=O) groups is 2. The lowest BCUT2D eigenvalue weighted by atomic mass is 10.1. The zero-order valence-electron chi connectivity index (χ0n) is 15.0. The Morgan fingerprint density at radius 2 is 1.89 bits per heavy atom. The second kappa shape index (κ2) is 7.76. The minimum absolute atomic E-state index is 0.120. The number of nitrogens with zero attached hydrogens (tertiary/aromatic N) is 3. The van der Waals surface area contributed by atoms with Crippen molar-refractivity contribution in [3.05, 3.63) is 71.7 Å². The van der Waals surface area contributed by atoms with Gasteiger partial charge in [0.2, 0.25) is 0 Å². The van der Waals surface area contributed by atoms with Crippen LogP contribution in [0.25, 0.3) is 17.0 Å². The molecule has 1 aromatic heterocycles. The number of rotatable bonds is 5. The zero-order valence-corrected chi connectivity index (χ0v) is 15.0. The molecule has 1 amide bonds. The molecular formula is C21H16FN3O3. The van der Waals surface area contributed by atoms with E-state index in [0.29, 0.717) is 16.8 Å². The lowest BCUT2D eigenvalue weighted by Crippen LogP contribution is -2.27. The fraction of sp³-hybridized carbons (Fsp3) is 0.0952. The van der Waals surface area contributed by atoms with Crippen molar-refractivity contribution in [2.75, 3.05) is 11.9 Å². The maximum absolute atomic E-state index is 13.1. The van der Waals surface area contributed by atoms with E-state index in [4.69, 9.17) is 5.11 Å². The first kappa shape index (κ1) is 18.9. The molecule has 28 heavy (non-hydrogen) atoms. The molecule has 7 heteroatoms. The van der Waals surface area contributed by atoms with Gasteiger partial charge >= 0.3 is 5.97 Å². The highest BCUT2D eigenvalue weighted by atomic mass is 19.1. The average molecular weight is 377 g/mol. The Labute approximate surface area is 160 Å². The number of hydrogen-bond acceptors (Lipinski definition) is 3. The van der Waals surface area contributed by atoms with Gasteiger partial charge in [-0.2, -0.15) is 5.26 Å². The van der Waals surface area contributed by atoms with E-state index < -0.39 is 17.7 Å². The van der Waals surface area contributed by atoms with Crippen molar-refractivity contribution in [1.82, 2.24) is 4.57 Å². The maximum Gasteiger partial charge on any atom is 0.323 e. The molecule has 0 aliphatic rings. The van der Waals surface area contributed by atoms with Gasteiger partial charge in [0.25, 0.3) is 5.91 Å². The Morgan fingerprint density at radius 1 is 1.21 bits per heavy atom. The van der Waals surface area contributed by atoms with Gasteiger partial charge in [-0.3, -0.25) is 9.59 Å². The Morgan fingerprint density at radius 3 is 2.54 bits per heavy atom. The molecular weight excluding hydrogens is 361 g/mol. The number of carboxylic acid groups (broad SMARTS) is 1. The van der Waals surface area contributed by atoms with Crippen LogP contribution < -0.4 is 4.90 Å². The second-order valence-corrected chi connectivity index (χ2v) is 6.13. The van der Waals surface area contributed by atoms with Crippen molar-refractivity contribution in [2.24, 2.45) is 0 Å². The molecule has 1 heterocycles. The van der Waals surface area contributed by atoms with Crippen LogP contribution in [0.1, 0.15) is 5.56 Å². The summed E-state index contributed by atoms with van der Waals surface area (Å²) in [5.41, 5.74) is 1.58. The predicted molar refractivity (Wildman–Crippen MR) is 103 cm³/mol. The SMILES string of the molecule is CN(C(=O)/C(C#N)=C/c1cn(CC(=O)O)c2ccccc12)c1ccc(F)cc1. The second-order valence-electron chi connectivity index (χ2n) is 6.13. The van der Waals surface area contributed by atoms with E-state index in [-0.39, 0.29) is 12.1 Å². The molecule has 2 aromatic carbocycles. The lowest BCUT2D eigenvalue weighted by molar-refractivity contribution is -0.137. The molecule has 1 N–H and O–H groups in total. The third-order valence-electron chi connectivity index (χ3n) is 4.29. The molecule has 0 saturated carbocycles. The molecule has 0 unspecified atom stereocenters. The van der Waals surface area contributed by atoms with Gasteiger partial charge in [-0.05, 0) is 36.4 Å². The standard InChI is InChI=1S/C21H16FN3O3/c1-24(17-8-6-16(22)7-9-17)21(28)14(11-23)10-15-12-25(13-20(26)27)19-5-3-2-4-18(15)19/h2-10,12H,13H2,1H3,(H,26,27)/b14-10+. The number of likely N-dealkylation sites (N-methyl/N-ethyl adjacent to an activating group) is 1. The first-order valence-electron chi connectivity index (χ1n) is 8.36. The minimum atomic E-state index is -0.996.